The van der Waals surface area contributed by atoms with Gasteiger partial charge in [0.05, 0.1) is 30.0 Å². The Hall–Kier alpha value is -3.17. The molecule has 3 heterocycles. The lowest BCUT2D eigenvalue weighted by molar-refractivity contribution is -0.136. The molecule has 2 aromatic heterocycles. The molecule has 0 unspecified atom stereocenters. The van der Waals surface area contributed by atoms with Gasteiger partial charge in [-0.1, -0.05) is 11.6 Å². The summed E-state index contributed by atoms with van der Waals surface area (Å²) in [6.07, 6.45) is 3.10. The van der Waals surface area contributed by atoms with Crippen molar-refractivity contribution in [1.82, 2.24) is 24.2 Å². The van der Waals surface area contributed by atoms with E-state index in [9.17, 15) is 9.59 Å². The minimum atomic E-state index is -0.438. The standard InChI is InChI=1S/C22H24ClN5O4/c1-15(2)32-17-5-3-16(4-6-17)28-21(18-7-8-24-13-19(18)23)25-27(22(28)30)14-20(29)26-9-11-31-12-10-26/h3-8,13,15H,9-12,14H2,1-2H3. The van der Waals surface area contributed by atoms with Gasteiger partial charge >= 0.3 is 5.69 Å². The van der Waals surface area contributed by atoms with Gasteiger partial charge < -0.3 is 14.4 Å². The zero-order valence-corrected chi connectivity index (χ0v) is 18.7. The van der Waals surface area contributed by atoms with Crippen molar-refractivity contribution < 1.29 is 14.3 Å². The average molecular weight is 458 g/mol. The fourth-order valence-corrected chi connectivity index (χ4v) is 3.67. The molecule has 0 saturated carbocycles. The van der Waals surface area contributed by atoms with Crippen molar-refractivity contribution in [2.45, 2.75) is 26.5 Å². The van der Waals surface area contributed by atoms with E-state index in [4.69, 9.17) is 21.1 Å². The number of benzene rings is 1. The van der Waals surface area contributed by atoms with Gasteiger partial charge in [-0.15, -0.1) is 5.10 Å². The van der Waals surface area contributed by atoms with Crippen LogP contribution in [0.1, 0.15) is 13.8 Å². The van der Waals surface area contributed by atoms with Gasteiger partial charge in [-0.05, 0) is 44.2 Å². The molecule has 3 aromatic rings. The Balaban J connectivity index is 1.74. The lowest BCUT2D eigenvalue weighted by Gasteiger charge is -2.26. The monoisotopic (exact) mass is 457 g/mol. The van der Waals surface area contributed by atoms with Crippen LogP contribution in [0.2, 0.25) is 5.02 Å². The molecule has 0 spiro atoms. The number of ether oxygens (including phenoxy) is 2. The topological polar surface area (TPSA) is 91.5 Å². The molecule has 9 nitrogen and oxygen atoms in total. The number of carbonyl (C=O) groups is 1. The number of amides is 1. The molecular formula is C22H24ClN5O4. The third-order valence-electron chi connectivity index (χ3n) is 4.97. The van der Waals surface area contributed by atoms with Crippen LogP contribution in [0.5, 0.6) is 5.75 Å². The van der Waals surface area contributed by atoms with E-state index >= 15 is 0 Å². The van der Waals surface area contributed by atoms with Crippen LogP contribution in [0.25, 0.3) is 17.1 Å². The molecule has 1 saturated heterocycles. The molecule has 1 aliphatic rings. The molecule has 4 rings (SSSR count). The number of aromatic nitrogens is 4. The Kier molecular flexibility index (Phi) is 6.57. The van der Waals surface area contributed by atoms with Gasteiger partial charge in [0.15, 0.2) is 5.82 Å². The lowest BCUT2D eigenvalue weighted by Crippen LogP contribution is -2.43. The number of halogens is 1. The van der Waals surface area contributed by atoms with Gasteiger partial charge in [-0.2, -0.15) is 0 Å². The molecule has 1 aromatic carbocycles. The van der Waals surface area contributed by atoms with Crippen molar-refractivity contribution in [1.29, 1.82) is 0 Å². The van der Waals surface area contributed by atoms with Crippen LogP contribution in [0.3, 0.4) is 0 Å². The smallest absolute Gasteiger partial charge is 0.351 e. The fraction of sp³-hybridized carbons (Fsp3) is 0.364. The summed E-state index contributed by atoms with van der Waals surface area (Å²) in [6.45, 7) is 5.67. The van der Waals surface area contributed by atoms with E-state index in [0.29, 0.717) is 54.2 Å². The van der Waals surface area contributed by atoms with Crippen LogP contribution in [-0.4, -0.2) is 62.5 Å². The summed E-state index contributed by atoms with van der Waals surface area (Å²) in [7, 11) is 0. The maximum atomic E-state index is 13.3. The van der Waals surface area contributed by atoms with Crippen LogP contribution in [-0.2, 0) is 16.1 Å². The first-order valence-electron chi connectivity index (χ1n) is 10.4. The van der Waals surface area contributed by atoms with Crippen molar-refractivity contribution >= 4 is 17.5 Å². The third-order valence-corrected chi connectivity index (χ3v) is 5.27. The summed E-state index contributed by atoms with van der Waals surface area (Å²) in [5.74, 6) is 0.831. The van der Waals surface area contributed by atoms with E-state index in [1.165, 1.54) is 15.4 Å². The fourth-order valence-electron chi connectivity index (χ4n) is 3.46. The van der Waals surface area contributed by atoms with Crippen LogP contribution < -0.4 is 10.4 Å². The molecular weight excluding hydrogens is 434 g/mol. The van der Waals surface area contributed by atoms with E-state index in [1.54, 1.807) is 41.4 Å². The van der Waals surface area contributed by atoms with Crippen LogP contribution in [0.4, 0.5) is 0 Å². The Morgan fingerprint density at radius 3 is 2.56 bits per heavy atom. The summed E-state index contributed by atoms with van der Waals surface area (Å²) in [5, 5.41) is 4.82. The number of hydrogen-bond donors (Lipinski definition) is 0. The average Bonchev–Trinajstić information content (AvgIpc) is 3.10. The Morgan fingerprint density at radius 1 is 1.19 bits per heavy atom. The molecule has 0 aliphatic carbocycles. The third kappa shape index (κ3) is 4.68. The van der Waals surface area contributed by atoms with E-state index in [-0.39, 0.29) is 18.6 Å². The minimum absolute atomic E-state index is 0.0312. The second-order valence-corrected chi connectivity index (χ2v) is 8.02. The first-order chi connectivity index (χ1) is 15.4. The van der Waals surface area contributed by atoms with Gasteiger partial charge in [0.1, 0.15) is 12.3 Å². The second kappa shape index (κ2) is 9.54. The van der Waals surface area contributed by atoms with E-state index < -0.39 is 5.69 Å². The number of pyridine rings is 1. The predicted octanol–water partition coefficient (Wildman–Crippen LogP) is 2.40. The predicted molar refractivity (Wildman–Crippen MR) is 119 cm³/mol. The molecule has 1 aliphatic heterocycles. The molecule has 10 heteroatoms. The van der Waals surface area contributed by atoms with Crippen LogP contribution in [0.15, 0.2) is 47.5 Å². The number of rotatable bonds is 6. The van der Waals surface area contributed by atoms with E-state index in [2.05, 4.69) is 10.1 Å². The van der Waals surface area contributed by atoms with Gasteiger partial charge in [0.2, 0.25) is 5.91 Å². The highest BCUT2D eigenvalue weighted by Crippen LogP contribution is 2.27. The summed E-state index contributed by atoms with van der Waals surface area (Å²) in [4.78, 5) is 31.8. The van der Waals surface area contributed by atoms with Crippen LogP contribution >= 0.6 is 11.6 Å². The second-order valence-electron chi connectivity index (χ2n) is 7.61. The summed E-state index contributed by atoms with van der Waals surface area (Å²) < 4.78 is 13.6. The molecule has 0 radical (unpaired) electrons. The van der Waals surface area contributed by atoms with Crippen LogP contribution in [0, 0.1) is 0 Å². The van der Waals surface area contributed by atoms with Gasteiger partial charge in [0.25, 0.3) is 0 Å². The van der Waals surface area contributed by atoms with Crippen molar-refractivity contribution in [3.8, 4) is 22.8 Å². The molecule has 0 N–H and O–H groups in total. The minimum Gasteiger partial charge on any atom is -0.491 e. The van der Waals surface area contributed by atoms with Gasteiger partial charge in [-0.3, -0.25) is 9.78 Å². The van der Waals surface area contributed by atoms with Gasteiger partial charge in [-0.25, -0.2) is 14.0 Å². The number of carbonyl (C=O) groups excluding carboxylic acids is 1. The summed E-state index contributed by atoms with van der Waals surface area (Å²) in [5.41, 5.74) is 0.685. The largest absolute Gasteiger partial charge is 0.491 e. The summed E-state index contributed by atoms with van der Waals surface area (Å²) >= 11 is 6.35. The molecule has 1 amide bonds. The quantitative estimate of drug-likeness (QED) is 0.564. The van der Waals surface area contributed by atoms with Crippen molar-refractivity contribution in [3.05, 3.63) is 58.2 Å². The summed E-state index contributed by atoms with van der Waals surface area (Å²) in [6, 6.07) is 8.80. The Bertz CT molecular complexity index is 1150. The number of nitrogens with zero attached hydrogens (tertiary/aromatic N) is 5. The molecule has 0 bridgehead atoms. The first-order valence-corrected chi connectivity index (χ1v) is 10.7. The highest BCUT2D eigenvalue weighted by atomic mass is 35.5. The highest BCUT2D eigenvalue weighted by Gasteiger charge is 2.23. The normalized spacial score (nSPS) is 14.1. The van der Waals surface area contributed by atoms with Crippen molar-refractivity contribution in [2.75, 3.05) is 26.3 Å². The van der Waals surface area contributed by atoms with E-state index in [0.717, 1.165) is 0 Å². The molecule has 0 atom stereocenters. The van der Waals surface area contributed by atoms with Crippen molar-refractivity contribution in [3.63, 3.8) is 0 Å². The number of hydrogen-bond acceptors (Lipinski definition) is 6. The molecule has 1 fully saturated rings. The highest BCUT2D eigenvalue weighted by molar-refractivity contribution is 6.33. The lowest BCUT2D eigenvalue weighted by atomic mass is 10.2. The first kappa shape index (κ1) is 22.0. The maximum Gasteiger partial charge on any atom is 0.351 e. The molecule has 168 valence electrons. The number of morpholine rings is 1. The zero-order chi connectivity index (χ0) is 22.7. The van der Waals surface area contributed by atoms with E-state index in [1.807, 2.05) is 13.8 Å². The molecule has 32 heavy (non-hydrogen) atoms. The SMILES string of the molecule is CC(C)Oc1ccc(-n2c(-c3ccncc3Cl)nn(CC(=O)N3CCOCC3)c2=O)cc1. The Morgan fingerprint density at radius 2 is 1.91 bits per heavy atom. The maximum absolute atomic E-state index is 13.3. The van der Waals surface area contributed by atoms with Gasteiger partial charge in [0, 0.05) is 31.0 Å². The Labute approximate surface area is 190 Å². The van der Waals surface area contributed by atoms with Crippen molar-refractivity contribution in [2.24, 2.45) is 0 Å². The zero-order valence-electron chi connectivity index (χ0n) is 17.9.